The number of ketones is 1. The molecule has 1 amide bonds. The second kappa shape index (κ2) is 8.91. The van der Waals surface area contributed by atoms with Gasteiger partial charge in [-0.2, -0.15) is 0 Å². The molecule has 0 unspecified atom stereocenters. The summed E-state index contributed by atoms with van der Waals surface area (Å²) in [4.78, 5) is 19.2. The van der Waals surface area contributed by atoms with Crippen molar-refractivity contribution >= 4 is 39.2 Å². The van der Waals surface area contributed by atoms with E-state index in [1.807, 2.05) is 0 Å². The molecular weight excluding hydrogens is 221 g/mol. The van der Waals surface area contributed by atoms with Crippen LogP contribution in [-0.4, -0.2) is 22.9 Å². The fourth-order valence-electron chi connectivity index (χ4n) is 0. The van der Waals surface area contributed by atoms with Gasteiger partial charge in [-0.15, -0.1) is 11.6 Å². The molecule has 2 N–H and O–H groups in total. The maximum Gasteiger partial charge on any atom is 0.228 e. The average Bonchev–Trinajstić information content (AvgIpc) is 1.89. The summed E-state index contributed by atoms with van der Waals surface area (Å²) in [6, 6.07) is 0. The second-order valence-corrected chi connectivity index (χ2v) is 2.26. The Bertz CT molecular complexity index is 104. The normalized spacial score (nSPS) is 7.50. The highest BCUT2D eigenvalue weighted by Gasteiger charge is 1.79. The number of Topliss-reactive ketones (excluding diaryl/α,β-unsaturated/α-hetero) is 1. The number of nitrogens with two attached hydrogens (primary N) is 1. The molecule has 0 heterocycles. The summed E-state index contributed by atoms with van der Waals surface area (Å²) in [5.41, 5.74) is 4.61. The van der Waals surface area contributed by atoms with Gasteiger partial charge >= 0.3 is 0 Å². The molecule has 5 heteroatoms. The van der Waals surface area contributed by atoms with E-state index in [0.29, 0.717) is 0 Å². The molecule has 0 spiro atoms. The van der Waals surface area contributed by atoms with E-state index in [4.69, 9.17) is 11.6 Å². The number of carbonyl (C=O) groups excluding carboxylic acids is 2. The highest BCUT2D eigenvalue weighted by Crippen LogP contribution is 1.71. The van der Waals surface area contributed by atoms with Crippen molar-refractivity contribution < 1.29 is 9.59 Å². The van der Waals surface area contributed by atoms with Gasteiger partial charge < -0.3 is 5.73 Å². The Morgan fingerprint density at radius 2 is 1.80 bits per heavy atom. The lowest BCUT2D eigenvalue weighted by molar-refractivity contribution is -0.116. The Balaban J connectivity index is 0. The molecular formula is C5H9BrClNO2. The highest BCUT2D eigenvalue weighted by atomic mass is 79.9. The van der Waals surface area contributed by atoms with E-state index in [9.17, 15) is 9.59 Å². The van der Waals surface area contributed by atoms with Gasteiger partial charge in [0.05, 0.1) is 11.2 Å². The minimum atomic E-state index is -0.329. The van der Waals surface area contributed by atoms with Crippen LogP contribution in [0.5, 0.6) is 0 Å². The third kappa shape index (κ3) is 24.7. The number of hydrogen-bond acceptors (Lipinski definition) is 2. The first-order chi connectivity index (χ1) is 4.54. The quantitative estimate of drug-likeness (QED) is 0.709. The summed E-state index contributed by atoms with van der Waals surface area (Å²) in [6.07, 6.45) is 0. The number of hydrogen-bond donors (Lipinski definition) is 1. The van der Waals surface area contributed by atoms with E-state index in [-0.39, 0.29) is 22.9 Å². The summed E-state index contributed by atoms with van der Waals surface area (Å²) in [6.45, 7) is 1.45. The summed E-state index contributed by atoms with van der Waals surface area (Å²) in [5, 5.41) is 0.257. The zero-order chi connectivity index (χ0) is 8.57. The molecule has 3 nitrogen and oxygen atoms in total. The summed E-state index contributed by atoms with van der Waals surface area (Å²) in [5.74, 6) is -0.170. The van der Waals surface area contributed by atoms with E-state index >= 15 is 0 Å². The lowest BCUT2D eigenvalue weighted by Crippen LogP contribution is -2.10. The molecule has 0 saturated heterocycles. The Morgan fingerprint density at radius 1 is 1.60 bits per heavy atom. The molecule has 0 rings (SSSR count). The summed E-state index contributed by atoms with van der Waals surface area (Å²) in [7, 11) is 0. The minimum Gasteiger partial charge on any atom is -0.369 e. The van der Waals surface area contributed by atoms with Gasteiger partial charge in [-0.05, 0) is 6.92 Å². The van der Waals surface area contributed by atoms with Crippen LogP contribution in [0.3, 0.4) is 0 Å². The van der Waals surface area contributed by atoms with E-state index in [0.717, 1.165) is 0 Å². The van der Waals surface area contributed by atoms with Crippen LogP contribution in [0.2, 0.25) is 0 Å². The third-order valence-electron chi connectivity index (χ3n) is 0.320. The largest absolute Gasteiger partial charge is 0.369 e. The van der Waals surface area contributed by atoms with Crippen molar-refractivity contribution in [3.63, 3.8) is 0 Å². The predicted molar refractivity (Wildman–Crippen MR) is 44.4 cm³/mol. The van der Waals surface area contributed by atoms with Crippen LogP contribution in [0.15, 0.2) is 0 Å². The average molecular weight is 230 g/mol. The van der Waals surface area contributed by atoms with Gasteiger partial charge in [0.1, 0.15) is 5.78 Å². The highest BCUT2D eigenvalue weighted by molar-refractivity contribution is 9.09. The van der Waals surface area contributed by atoms with Crippen LogP contribution in [0.1, 0.15) is 6.92 Å². The fourth-order valence-corrected chi connectivity index (χ4v) is 0. The molecule has 0 atom stereocenters. The Labute approximate surface area is 73.0 Å². The van der Waals surface area contributed by atoms with Gasteiger partial charge in [0, 0.05) is 0 Å². The van der Waals surface area contributed by atoms with Gasteiger partial charge in [-0.25, -0.2) is 0 Å². The number of alkyl halides is 2. The van der Waals surface area contributed by atoms with Crippen molar-refractivity contribution in [1.29, 1.82) is 0 Å². The molecule has 0 aromatic rings. The zero-order valence-electron chi connectivity index (χ0n) is 5.56. The molecule has 0 aliphatic rings. The zero-order valence-corrected chi connectivity index (χ0v) is 7.91. The molecule has 0 bridgehead atoms. The van der Waals surface area contributed by atoms with Gasteiger partial charge in [0.15, 0.2) is 0 Å². The Hall–Kier alpha value is -0.0900. The number of amides is 1. The van der Waals surface area contributed by atoms with Crippen molar-refractivity contribution in [2.24, 2.45) is 5.73 Å². The number of carbonyl (C=O) groups is 2. The lowest BCUT2D eigenvalue weighted by atomic mass is 10.5. The standard InChI is InChI=1S/C3H5ClO.C2H4BrNO/c1-3(5)2-4;3-1-2(4)5/h2H2,1H3;1H2,(H2,4,5). The van der Waals surface area contributed by atoms with Gasteiger partial charge in [0.25, 0.3) is 0 Å². The van der Waals surface area contributed by atoms with Crippen molar-refractivity contribution in [3.05, 3.63) is 0 Å². The second-order valence-electron chi connectivity index (χ2n) is 1.44. The molecule has 0 aromatic heterocycles. The topological polar surface area (TPSA) is 60.2 Å². The van der Waals surface area contributed by atoms with Crippen LogP contribution in [0.25, 0.3) is 0 Å². The molecule has 0 aromatic carbocycles. The van der Waals surface area contributed by atoms with Crippen LogP contribution < -0.4 is 5.73 Å². The lowest BCUT2D eigenvalue weighted by Gasteiger charge is -1.71. The van der Waals surface area contributed by atoms with Gasteiger partial charge in [0.2, 0.25) is 5.91 Å². The van der Waals surface area contributed by atoms with Crippen LogP contribution in [0.4, 0.5) is 0 Å². The number of rotatable bonds is 2. The van der Waals surface area contributed by atoms with Crippen LogP contribution in [0, 0.1) is 0 Å². The van der Waals surface area contributed by atoms with E-state index < -0.39 is 0 Å². The van der Waals surface area contributed by atoms with Crippen molar-refractivity contribution in [2.75, 3.05) is 11.2 Å². The summed E-state index contributed by atoms with van der Waals surface area (Å²) < 4.78 is 0. The molecule has 0 aliphatic heterocycles. The third-order valence-corrected chi connectivity index (χ3v) is 1.25. The van der Waals surface area contributed by atoms with Crippen LogP contribution in [-0.2, 0) is 9.59 Å². The van der Waals surface area contributed by atoms with Crippen LogP contribution >= 0.6 is 27.5 Å². The predicted octanol–water partition coefficient (Wildman–Crippen LogP) is 0.681. The van der Waals surface area contributed by atoms with E-state index in [1.54, 1.807) is 0 Å². The van der Waals surface area contributed by atoms with E-state index in [1.165, 1.54) is 6.92 Å². The minimum absolute atomic E-state index is 0.0201. The van der Waals surface area contributed by atoms with E-state index in [2.05, 4.69) is 21.7 Å². The first kappa shape index (κ1) is 12.6. The maximum atomic E-state index is 9.68. The van der Waals surface area contributed by atoms with Crippen molar-refractivity contribution in [1.82, 2.24) is 0 Å². The molecule has 10 heavy (non-hydrogen) atoms. The smallest absolute Gasteiger partial charge is 0.228 e. The number of halogens is 2. The first-order valence-electron chi connectivity index (χ1n) is 2.44. The Morgan fingerprint density at radius 3 is 1.80 bits per heavy atom. The molecule has 0 aliphatic carbocycles. The molecule has 0 radical (unpaired) electrons. The van der Waals surface area contributed by atoms with Crippen molar-refractivity contribution in [2.45, 2.75) is 6.92 Å². The van der Waals surface area contributed by atoms with Gasteiger partial charge in [-0.1, -0.05) is 15.9 Å². The fraction of sp³-hybridized carbons (Fsp3) is 0.600. The Kier molecular flexibility index (Phi) is 11.2. The SMILES string of the molecule is CC(=O)CCl.NC(=O)CBr. The maximum absolute atomic E-state index is 9.68. The first-order valence-corrected chi connectivity index (χ1v) is 4.09. The summed E-state index contributed by atoms with van der Waals surface area (Å²) >= 11 is 7.83. The van der Waals surface area contributed by atoms with Crippen molar-refractivity contribution in [3.8, 4) is 0 Å². The van der Waals surface area contributed by atoms with Gasteiger partial charge in [-0.3, -0.25) is 9.59 Å². The monoisotopic (exact) mass is 229 g/mol. The number of primary amides is 1. The molecule has 0 fully saturated rings. The molecule has 0 saturated carbocycles. The molecule has 60 valence electrons.